The highest BCUT2D eigenvalue weighted by molar-refractivity contribution is 6.01. The molecule has 2 unspecified atom stereocenters. The van der Waals surface area contributed by atoms with Crippen molar-refractivity contribution in [2.24, 2.45) is 0 Å². The number of pyridine rings is 1. The molecular formula is C42H52N10O3. The summed E-state index contributed by atoms with van der Waals surface area (Å²) in [5.74, 6) is 1.05. The van der Waals surface area contributed by atoms with Crippen LogP contribution in [0.1, 0.15) is 79.6 Å². The molecule has 4 aromatic rings. The summed E-state index contributed by atoms with van der Waals surface area (Å²) < 4.78 is 0. The van der Waals surface area contributed by atoms with Gasteiger partial charge >= 0.3 is 0 Å². The van der Waals surface area contributed by atoms with Crippen LogP contribution >= 0.6 is 0 Å². The number of carbonyl (C=O) groups excluding carboxylic acids is 3. The number of imide groups is 1. The van der Waals surface area contributed by atoms with Crippen LogP contribution in [-0.4, -0.2) is 76.3 Å². The third-order valence-corrected chi connectivity index (χ3v) is 10.1. The number of hydrogen-bond acceptors (Lipinski definition) is 11. The van der Waals surface area contributed by atoms with Gasteiger partial charge in [0.2, 0.25) is 17.8 Å². The first-order chi connectivity index (χ1) is 26.8. The third kappa shape index (κ3) is 9.84. The van der Waals surface area contributed by atoms with Crippen LogP contribution in [0, 0.1) is 0 Å². The van der Waals surface area contributed by atoms with Gasteiger partial charge in [-0.3, -0.25) is 24.6 Å². The molecule has 0 bridgehead atoms. The van der Waals surface area contributed by atoms with E-state index in [1.165, 1.54) is 17.3 Å². The van der Waals surface area contributed by atoms with Gasteiger partial charge in [-0.15, -0.1) is 6.58 Å². The molecule has 7 rings (SSSR count). The molecule has 3 amide bonds. The van der Waals surface area contributed by atoms with Gasteiger partial charge < -0.3 is 26.2 Å². The van der Waals surface area contributed by atoms with Crippen LogP contribution in [0.3, 0.4) is 0 Å². The maximum absolute atomic E-state index is 13.0. The number of fused-ring (bicyclic) bond motifs is 1. The lowest BCUT2D eigenvalue weighted by atomic mass is 10.0. The third-order valence-electron chi connectivity index (χ3n) is 10.1. The first kappa shape index (κ1) is 38.9. The van der Waals surface area contributed by atoms with Crippen molar-refractivity contribution in [3.8, 4) is 0 Å². The summed E-state index contributed by atoms with van der Waals surface area (Å²) in [6, 6.07) is 20.1. The molecule has 5 N–H and O–H groups in total. The monoisotopic (exact) mass is 744 g/mol. The second kappa shape index (κ2) is 18.5. The van der Waals surface area contributed by atoms with E-state index in [1.54, 1.807) is 6.08 Å². The van der Waals surface area contributed by atoms with E-state index in [0.717, 1.165) is 74.7 Å². The Morgan fingerprint density at radius 3 is 2.36 bits per heavy atom. The summed E-state index contributed by atoms with van der Waals surface area (Å²) in [5, 5.41) is 15.0. The largest absolute Gasteiger partial charge is 0.374 e. The molecular weight excluding hydrogens is 693 g/mol. The van der Waals surface area contributed by atoms with Crippen molar-refractivity contribution >= 4 is 52.4 Å². The summed E-state index contributed by atoms with van der Waals surface area (Å²) in [6.07, 6.45) is 7.20. The lowest BCUT2D eigenvalue weighted by Crippen LogP contribution is -2.47. The molecule has 55 heavy (non-hydrogen) atoms. The van der Waals surface area contributed by atoms with E-state index < -0.39 is 6.04 Å². The summed E-state index contributed by atoms with van der Waals surface area (Å²) in [5.41, 5.74) is 6.78. The Morgan fingerprint density at radius 2 is 1.65 bits per heavy atom. The highest BCUT2D eigenvalue weighted by atomic mass is 16.2. The number of aromatic nitrogens is 3. The Labute approximate surface area is 323 Å². The molecule has 4 heterocycles. The fourth-order valence-corrected chi connectivity index (χ4v) is 7.13. The minimum absolute atomic E-state index is 0.214. The van der Waals surface area contributed by atoms with Crippen molar-refractivity contribution in [3.63, 3.8) is 0 Å². The number of piperazine rings is 1. The number of amides is 3. The Balaban J connectivity index is 0.00000253. The van der Waals surface area contributed by atoms with Crippen molar-refractivity contribution in [1.29, 1.82) is 0 Å². The smallest absolute Gasteiger partial charge is 0.256 e. The van der Waals surface area contributed by atoms with Crippen molar-refractivity contribution < 1.29 is 14.4 Å². The first-order valence-corrected chi connectivity index (χ1v) is 19.4. The highest BCUT2D eigenvalue weighted by Gasteiger charge is 2.27. The van der Waals surface area contributed by atoms with Crippen LogP contribution in [0.15, 0.2) is 79.5 Å². The van der Waals surface area contributed by atoms with Gasteiger partial charge in [-0.05, 0) is 79.3 Å². The van der Waals surface area contributed by atoms with E-state index in [-0.39, 0.29) is 17.7 Å². The van der Waals surface area contributed by atoms with Gasteiger partial charge in [0.1, 0.15) is 23.2 Å². The van der Waals surface area contributed by atoms with Gasteiger partial charge in [0, 0.05) is 80.6 Å². The number of anilines is 6. The number of rotatable bonds is 13. The van der Waals surface area contributed by atoms with Crippen molar-refractivity contribution in [2.45, 2.75) is 71.4 Å². The maximum Gasteiger partial charge on any atom is 0.256 e. The predicted molar refractivity (Wildman–Crippen MR) is 218 cm³/mol. The van der Waals surface area contributed by atoms with E-state index in [0.29, 0.717) is 48.5 Å². The molecule has 3 aliphatic rings. The number of carbonyl (C=O) groups is 3. The summed E-state index contributed by atoms with van der Waals surface area (Å²) in [7, 11) is 0. The SMILES string of the molecule is C=CCNC(=O)c1cnc(Nc2ccc(CN3CCN(c4ccc(NC5CCC(=O)NC5=O)cc4)CC3)cc2)nc1Nc1ccc2c(n1)C(CC)CC2.CC. The zero-order chi connectivity index (χ0) is 38.7. The zero-order valence-electron chi connectivity index (χ0n) is 32.0. The van der Waals surface area contributed by atoms with E-state index in [4.69, 9.17) is 9.97 Å². The summed E-state index contributed by atoms with van der Waals surface area (Å²) in [4.78, 5) is 55.4. The van der Waals surface area contributed by atoms with Crippen LogP contribution in [0.5, 0.6) is 0 Å². The van der Waals surface area contributed by atoms with Gasteiger partial charge in [-0.1, -0.05) is 45.0 Å². The Morgan fingerprint density at radius 1 is 0.909 bits per heavy atom. The van der Waals surface area contributed by atoms with Crippen LogP contribution in [-0.2, 0) is 22.6 Å². The molecule has 13 nitrogen and oxygen atoms in total. The van der Waals surface area contributed by atoms with Crippen LogP contribution in [0.25, 0.3) is 0 Å². The van der Waals surface area contributed by atoms with Gasteiger partial charge in [0.25, 0.3) is 5.91 Å². The van der Waals surface area contributed by atoms with Gasteiger partial charge in [0.05, 0.1) is 0 Å². The van der Waals surface area contributed by atoms with E-state index >= 15 is 0 Å². The number of nitrogens with one attached hydrogen (secondary N) is 5. The molecule has 2 atom stereocenters. The minimum Gasteiger partial charge on any atom is -0.374 e. The molecule has 0 spiro atoms. The summed E-state index contributed by atoms with van der Waals surface area (Å²) >= 11 is 0. The number of benzene rings is 2. The van der Waals surface area contributed by atoms with E-state index in [9.17, 15) is 14.4 Å². The van der Waals surface area contributed by atoms with E-state index in [1.807, 2.05) is 44.2 Å². The normalized spacial score (nSPS) is 18.0. The highest BCUT2D eigenvalue weighted by Crippen LogP contribution is 2.35. The number of aryl methyl sites for hydroxylation is 1. The van der Waals surface area contributed by atoms with Gasteiger partial charge in [0.15, 0.2) is 0 Å². The van der Waals surface area contributed by atoms with Crippen LogP contribution < -0.4 is 31.5 Å². The molecule has 2 saturated heterocycles. The second-order valence-corrected chi connectivity index (χ2v) is 13.7. The molecule has 2 fully saturated rings. The number of hydrogen-bond donors (Lipinski definition) is 5. The summed E-state index contributed by atoms with van der Waals surface area (Å²) in [6.45, 7) is 14.8. The predicted octanol–water partition coefficient (Wildman–Crippen LogP) is 6.28. The molecule has 0 radical (unpaired) electrons. The fourth-order valence-electron chi connectivity index (χ4n) is 7.13. The van der Waals surface area contributed by atoms with Crippen LogP contribution in [0.4, 0.5) is 34.6 Å². The average molecular weight is 745 g/mol. The Kier molecular flexibility index (Phi) is 13.1. The van der Waals surface area contributed by atoms with E-state index in [2.05, 4.69) is 85.2 Å². The molecule has 2 aromatic carbocycles. The number of piperidine rings is 1. The first-order valence-electron chi connectivity index (χ1n) is 19.4. The van der Waals surface area contributed by atoms with Crippen molar-refractivity contribution in [2.75, 3.05) is 53.6 Å². The fraction of sp³-hybridized carbons (Fsp3) is 0.381. The lowest BCUT2D eigenvalue weighted by molar-refractivity contribution is -0.133. The lowest BCUT2D eigenvalue weighted by Gasteiger charge is -2.36. The molecule has 288 valence electrons. The van der Waals surface area contributed by atoms with Crippen LogP contribution in [0.2, 0.25) is 0 Å². The second-order valence-electron chi connectivity index (χ2n) is 13.7. The zero-order valence-corrected chi connectivity index (χ0v) is 32.0. The molecule has 0 saturated carbocycles. The quantitative estimate of drug-likeness (QED) is 0.0776. The Bertz CT molecular complexity index is 1960. The average Bonchev–Trinajstić information content (AvgIpc) is 3.63. The van der Waals surface area contributed by atoms with Gasteiger partial charge in [-0.25, -0.2) is 9.97 Å². The maximum atomic E-state index is 13.0. The Hall–Kier alpha value is -5.82. The molecule has 1 aliphatic carbocycles. The van der Waals surface area contributed by atoms with Gasteiger partial charge in [-0.2, -0.15) is 4.98 Å². The standard InChI is InChI=1S/C40H46N10O3.C2H6/c1-3-19-41-38(52)32-24-42-40(48-37(32)46-34-17-9-28-8-7-27(4-2)36(28)45-34)44-30-10-5-26(6-11-30)25-49-20-22-50(23-21-49)31-14-12-29(13-15-31)43-33-16-18-35(51)47-39(33)53;1-2/h3,5-6,9-15,17,24,27,33,43H,1,4,7-8,16,18-23,25H2,2H3,(H,41,52)(H,47,51,53)(H2,42,44,45,46,48);1-2H3. The molecule has 2 aliphatic heterocycles. The molecule has 13 heteroatoms. The minimum atomic E-state index is -0.392. The number of nitrogens with zero attached hydrogens (tertiary/aromatic N) is 5. The topological polar surface area (TPSA) is 157 Å². The van der Waals surface area contributed by atoms with Crippen molar-refractivity contribution in [3.05, 3.63) is 102 Å². The molecule has 2 aromatic heterocycles. The van der Waals surface area contributed by atoms with Crippen molar-refractivity contribution in [1.82, 2.24) is 30.5 Å².